The molecule has 9 heteroatoms. The standard InChI is InChI=1S/C15H22N4O4S/c1-11-10-19(15(20)23-11)14-9-16-8-13(17-14)7-12-3-5-18(6-4-12)24(2,21)22/h8-9,11-12H,3-7,10H2,1-2H3. The van der Waals surface area contributed by atoms with E-state index in [-0.39, 0.29) is 6.10 Å². The Hall–Kier alpha value is -1.74. The van der Waals surface area contributed by atoms with Gasteiger partial charge in [0.15, 0.2) is 5.82 Å². The maximum atomic E-state index is 11.8. The lowest BCUT2D eigenvalue weighted by atomic mass is 9.93. The minimum Gasteiger partial charge on any atom is -0.444 e. The lowest BCUT2D eigenvalue weighted by Crippen LogP contribution is -2.38. The minimum atomic E-state index is -3.10. The summed E-state index contributed by atoms with van der Waals surface area (Å²) in [7, 11) is -3.10. The zero-order valence-electron chi connectivity index (χ0n) is 13.9. The summed E-state index contributed by atoms with van der Waals surface area (Å²) in [6, 6.07) is 0. The Balaban J connectivity index is 1.63. The number of anilines is 1. The van der Waals surface area contributed by atoms with Crippen molar-refractivity contribution in [1.29, 1.82) is 0 Å². The van der Waals surface area contributed by atoms with Crippen molar-refractivity contribution in [3.8, 4) is 0 Å². The minimum absolute atomic E-state index is 0.150. The molecule has 3 rings (SSSR count). The van der Waals surface area contributed by atoms with Crippen LogP contribution in [0.1, 0.15) is 25.5 Å². The monoisotopic (exact) mass is 354 g/mol. The molecule has 2 saturated heterocycles. The van der Waals surface area contributed by atoms with Gasteiger partial charge in [-0.1, -0.05) is 0 Å². The Morgan fingerprint density at radius 3 is 2.58 bits per heavy atom. The fourth-order valence-electron chi connectivity index (χ4n) is 3.16. The van der Waals surface area contributed by atoms with Crippen molar-refractivity contribution in [1.82, 2.24) is 14.3 Å². The van der Waals surface area contributed by atoms with Gasteiger partial charge in [0.05, 0.1) is 24.7 Å². The van der Waals surface area contributed by atoms with Crippen molar-refractivity contribution in [2.45, 2.75) is 32.3 Å². The maximum Gasteiger partial charge on any atom is 0.415 e. The molecule has 0 aliphatic carbocycles. The van der Waals surface area contributed by atoms with Gasteiger partial charge < -0.3 is 4.74 Å². The van der Waals surface area contributed by atoms with Crippen LogP contribution in [-0.4, -0.2) is 60.8 Å². The molecule has 1 unspecified atom stereocenters. The van der Waals surface area contributed by atoms with Gasteiger partial charge in [-0.05, 0) is 32.1 Å². The maximum absolute atomic E-state index is 11.8. The summed E-state index contributed by atoms with van der Waals surface area (Å²) in [6.45, 7) is 3.41. The van der Waals surface area contributed by atoms with Crippen LogP contribution in [0.5, 0.6) is 0 Å². The van der Waals surface area contributed by atoms with E-state index >= 15 is 0 Å². The molecule has 0 spiro atoms. The Labute approximate surface area is 141 Å². The first-order valence-corrected chi connectivity index (χ1v) is 9.92. The normalized spacial score (nSPS) is 23.5. The van der Waals surface area contributed by atoms with Crippen molar-refractivity contribution in [3.63, 3.8) is 0 Å². The van der Waals surface area contributed by atoms with Crippen LogP contribution >= 0.6 is 0 Å². The van der Waals surface area contributed by atoms with E-state index < -0.39 is 16.1 Å². The summed E-state index contributed by atoms with van der Waals surface area (Å²) in [5, 5.41) is 0. The zero-order chi connectivity index (χ0) is 17.3. The Bertz CT molecular complexity index is 716. The van der Waals surface area contributed by atoms with E-state index in [9.17, 15) is 13.2 Å². The topological polar surface area (TPSA) is 92.7 Å². The van der Waals surface area contributed by atoms with Crippen molar-refractivity contribution in [2.75, 3.05) is 30.8 Å². The number of hydrogen-bond acceptors (Lipinski definition) is 6. The van der Waals surface area contributed by atoms with Gasteiger partial charge in [-0.25, -0.2) is 22.5 Å². The van der Waals surface area contributed by atoms with Gasteiger partial charge in [0.25, 0.3) is 0 Å². The van der Waals surface area contributed by atoms with Gasteiger partial charge in [-0.3, -0.25) is 9.88 Å². The van der Waals surface area contributed by atoms with Gasteiger partial charge in [-0.2, -0.15) is 0 Å². The second-order valence-corrected chi connectivity index (χ2v) is 8.47. The number of aromatic nitrogens is 2. The highest BCUT2D eigenvalue weighted by Gasteiger charge is 2.31. The third-order valence-corrected chi connectivity index (χ3v) is 5.75. The van der Waals surface area contributed by atoms with Crippen LogP contribution in [0.3, 0.4) is 0 Å². The molecule has 3 heterocycles. The third-order valence-electron chi connectivity index (χ3n) is 4.45. The Morgan fingerprint density at radius 2 is 2.00 bits per heavy atom. The third kappa shape index (κ3) is 3.84. The van der Waals surface area contributed by atoms with Crippen LogP contribution in [0.15, 0.2) is 12.4 Å². The molecule has 2 aliphatic heterocycles. The average Bonchev–Trinajstić information content (AvgIpc) is 2.86. The molecular weight excluding hydrogens is 332 g/mol. The molecule has 0 saturated carbocycles. The molecule has 1 aromatic heterocycles. The number of amides is 1. The molecule has 24 heavy (non-hydrogen) atoms. The number of carbonyl (C=O) groups is 1. The lowest BCUT2D eigenvalue weighted by molar-refractivity contribution is 0.150. The van der Waals surface area contributed by atoms with Gasteiger partial charge in [-0.15, -0.1) is 0 Å². The van der Waals surface area contributed by atoms with Crippen molar-refractivity contribution in [3.05, 3.63) is 18.1 Å². The molecule has 0 aromatic carbocycles. The molecule has 2 aliphatic rings. The van der Waals surface area contributed by atoms with E-state index in [2.05, 4.69) is 9.97 Å². The van der Waals surface area contributed by atoms with E-state index in [4.69, 9.17) is 4.74 Å². The molecule has 1 amide bonds. The van der Waals surface area contributed by atoms with Crippen LogP contribution in [0.2, 0.25) is 0 Å². The number of rotatable bonds is 4. The van der Waals surface area contributed by atoms with Crippen LogP contribution < -0.4 is 4.90 Å². The summed E-state index contributed by atoms with van der Waals surface area (Å²) in [4.78, 5) is 22.0. The van der Waals surface area contributed by atoms with Crippen LogP contribution in [0.4, 0.5) is 10.6 Å². The summed E-state index contributed by atoms with van der Waals surface area (Å²) < 4.78 is 29.7. The number of hydrogen-bond donors (Lipinski definition) is 0. The lowest BCUT2D eigenvalue weighted by Gasteiger charge is -2.30. The molecule has 8 nitrogen and oxygen atoms in total. The number of piperidine rings is 1. The summed E-state index contributed by atoms with van der Waals surface area (Å²) in [5.74, 6) is 0.882. The summed E-state index contributed by atoms with van der Waals surface area (Å²) >= 11 is 0. The van der Waals surface area contributed by atoms with Gasteiger partial charge in [0.2, 0.25) is 10.0 Å². The molecule has 132 valence electrons. The fourth-order valence-corrected chi connectivity index (χ4v) is 4.03. The molecular formula is C15H22N4O4S. The SMILES string of the molecule is CC1CN(c2cncc(CC3CCN(S(C)(=O)=O)CC3)n2)C(=O)O1. The molecule has 0 bridgehead atoms. The molecule has 0 radical (unpaired) electrons. The fraction of sp³-hybridized carbons (Fsp3) is 0.667. The first kappa shape index (κ1) is 17.1. The first-order valence-electron chi connectivity index (χ1n) is 8.07. The van der Waals surface area contributed by atoms with Crippen molar-refractivity contribution < 1.29 is 17.9 Å². The number of carbonyl (C=O) groups excluding carboxylic acids is 1. The highest BCUT2D eigenvalue weighted by Crippen LogP contribution is 2.24. The van der Waals surface area contributed by atoms with Gasteiger partial charge >= 0.3 is 6.09 Å². The van der Waals surface area contributed by atoms with Crippen LogP contribution in [-0.2, 0) is 21.2 Å². The van der Waals surface area contributed by atoms with Crippen LogP contribution in [0.25, 0.3) is 0 Å². The second-order valence-electron chi connectivity index (χ2n) is 6.48. The highest BCUT2D eigenvalue weighted by molar-refractivity contribution is 7.88. The largest absolute Gasteiger partial charge is 0.444 e. The number of cyclic esters (lactones) is 1. The first-order chi connectivity index (χ1) is 11.3. The van der Waals surface area contributed by atoms with Crippen molar-refractivity contribution >= 4 is 21.9 Å². The number of sulfonamides is 1. The van der Waals surface area contributed by atoms with Gasteiger partial charge in [0.1, 0.15) is 6.10 Å². The molecule has 1 aromatic rings. The molecule has 1 atom stereocenters. The summed E-state index contributed by atoms with van der Waals surface area (Å²) in [5.41, 5.74) is 0.817. The van der Waals surface area contributed by atoms with E-state index in [1.54, 1.807) is 12.4 Å². The smallest absolute Gasteiger partial charge is 0.415 e. The van der Waals surface area contributed by atoms with E-state index in [1.807, 2.05) is 6.92 Å². The predicted octanol–water partition coefficient (Wildman–Crippen LogP) is 1.04. The molecule has 0 N–H and O–H groups in total. The quantitative estimate of drug-likeness (QED) is 0.802. The zero-order valence-corrected chi connectivity index (χ0v) is 14.7. The second kappa shape index (κ2) is 6.64. The Morgan fingerprint density at radius 1 is 1.29 bits per heavy atom. The van der Waals surface area contributed by atoms with E-state index in [0.29, 0.717) is 31.4 Å². The van der Waals surface area contributed by atoms with E-state index in [1.165, 1.54) is 15.5 Å². The van der Waals surface area contributed by atoms with Crippen LogP contribution in [0, 0.1) is 5.92 Å². The van der Waals surface area contributed by atoms with E-state index in [0.717, 1.165) is 25.0 Å². The highest BCUT2D eigenvalue weighted by atomic mass is 32.2. The summed E-state index contributed by atoms with van der Waals surface area (Å²) in [6.07, 6.45) is 6.32. The molecule has 2 fully saturated rings. The average molecular weight is 354 g/mol. The number of ether oxygens (including phenoxy) is 1. The number of nitrogens with zero attached hydrogens (tertiary/aromatic N) is 4. The van der Waals surface area contributed by atoms with Crippen molar-refractivity contribution in [2.24, 2.45) is 5.92 Å². The predicted molar refractivity (Wildman–Crippen MR) is 88.2 cm³/mol. The van der Waals surface area contributed by atoms with Gasteiger partial charge in [0, 0.05) is 19.3 Å². The Kier molecular flexibility index (Phi) is 4.73.